The Labute approximate surface area is 129 Å². The lowest BCUT2D eigenvalue weighted by molar-refractivity contribution is -0.122. The van der Waals surface area contributed by atoms with Crippen LogP contribution in [0.3, 0.4) is 0 Å². The van der Waals surface area contributed by atoms with E-state index in [9.17, 15) is 4.79 Å². The molecule has 21 heavy (non-hydrogen) atoms. The van der Waals surface area contributed by atoms with Crippen LogP contribution in [-0.2, 0) is 4.79 Å². The van der Waals surface area contributed by atoms with Crippen molar-refractivity contribution in [3.63, 3.8) is 0 Å². The minimum atomic E-state index is -0.0814. The molecule has 0 aliphatic carbocycles. The molecule has 3 nitrogen and oxygen atoms in total. The predicted octanol–water partition coefficient (Wildman–Crippen LogP) is 3.64. The third kappa shape index (κ3) is 3.73. The quantitative estimate of drug-likeness (QED) is 0.614. The highest BCUT2D eigenvalue weighted by Gasteiger charge is 2.29. The minimum absolute atomic E-state index is 0.0814. The molecule has 1 aromatic rings. The molecular weight excluding hydrogens is 280 g/mol. The fourth-order valence-corrected chi connectivity index (χ4v) is 2.63. The van der Waals surface area contributed by atoms with Gasteiger partial charge in [0, 0.05) is 12.3 Å². The number of hydrogen-bond acceptors (Lipinski definition) is 3. The number of nitrogens with zero attached hydrogens (tertiary/aromatic N) is 2. The summed E-state index contributed by atoms with van der Waals surface area (Å²) in [5, 5.41) is 0.707. The number of carbonyl (C=O) groups is 1. The molecule has 0 atom stereocenters. The normalized spacial score (nSPS) is 16.2. The van der Waals surface area contributed by atoms with Crippen LogP contribution in [0.15, 0.2) is 60.3 Å². The number of thioether (sulfide) groups is 1. The number of aryl methyl sites for hydroxylation is 1. The van der Waals surface area contributed by atoms with Crippen molar-refractivity contribution in [2.75, 3.05) is 12.3 Å². The highest BCUT2D eigenvalue weighted by molar-refractivity contribution is 8.14. The standard InChI is InChI=1S/C17H18N2OS/c1-4-10-19-16(20)15(18-17(19)21-11-5-2)12-14-8-6-13(3)7-9-14/h4-9,12H,1-2,10-11H2,3H3. The monoisotopic (exact) mass is 298 g/mol. The Morgan fingerprint density at radius 3 is 2.57 bits per heavy atom. The zero-order chi connectivity index (χ0) is 15.2. The molecule has 0 bridgehead atoms. The lowest BCUT2D eigenvalue weighted by atomic mass is 10.1. The second-order valence-electron chi connectivity index (χ2n) is 4.64. The van der Waals surface area contributed by atoms with Crippen LogP contribution in [0.4, 0.5) is 0 Å². The third-order valence-electron chi connectivity index (χ3n) is 2.93. The first-order chi connectivity index (χ1) is 10.2. The molecule has 1 aliphatic rings. The van der Waals surface area contributed by atoms with Crippen LogP contribution >= 0.6 is 11.8 Å². The van der Waals surface area contributed by atoms with Gasteiger partial charge in [0.05, 0.1) is 0 Å². The highest BCUT2D eigenvalue weighted by Crippen LogP contribution is 2.24. The predicted molar refractivity (Wildman–Crippen MR) is 91.2 cm³/mol. The number of hydrogen-bond donors (Lipinski definition) is 0. The van der Waals surface area contributed by atoms with Gasteiger partial charge in [-0.05, 0) is 18.6 Å². The van der Waals surface area contributed by atoms with Gasteiger partial charge >= 0.3 is 0 Å². The molecule has 0 aromatic heterocycles. The Hall–Kier alpha value is -2.07. The van der Waals surface area contributed by atoms with E-state index in [1.165, 1.54) is 17.3 Å². The number of benzene rings is 1. The smallest absolute Gasteiger partial charge is 0.278 e. The van der Waals surface area contributed by atoms with Crippen LogP contribution in [0.25, 0.3) is 6.08 Å². The topological polar surface area (TPSA) is 32.7 Å². The molecule has 1 aromatic carbocycles. The molecule has 1 aliphatic heterocycles. The molecule has 0 fully saturated rings. The van der Waals surface area contributed by atoms with Gasteiger partial charge in [0.25, 0.3) is 5.91 Å². The van der Waals surface area contributed by atoms with Crippen molar-refractivity contribution in [1.82, 2.24) is 4.90 Å². The summed E-state index contributed by atoms with van der Waals surface area (Å²) in [7, 11) is 0. The molecule has 0 saturated heterocycles. The lowest BCUT2D eigenvalue weighted by Crippen LogP contribution is -2.30. The van der Waals surface area contributed by atoms with Crippen LogP contribution in [0.2, 0.25) is 0 Å². The number of rotatable bonds is 5. The van der Waals surface area contributed by atoms with E-state index in [4.69, 9.17) is 0 Å². The molecule has 0 N–H and O–H groups in total. The van der Waals surface area contributed by atoms with Crippen LogP contribution in [0.5, 0.6) is 0 Å². The van der Waals surface area contributed by atoms with Crippen molar-refractivity contribution >= 4 is 28.9 Å². The van der Waals surface area contributed by atoms with Crippen molar-refractivity contribution in [3.05, 3.63) is 66.4 Å². The van der Waals surface area contributed by atoms with Gasteiger partial charge in [-0.15, -0.1) is 13.2 Å². The molecule has 4 heteroatoms. The summed E-state index contributed by atoms with van der Waals surface area (Å²) in [4.78, 5) is 18.5. The summed E-state index contributed by atoms with van der Waals surface area (Å²) in [6.45, 7) is 9.89. The van der Waals surface area contributed by atoms with E-state index in [0.717, 1.165) is 11.3 Å². The van der Waals surface area contributed by atoms with Crippen molar-refractivity contribution in [2.45, 2.75) is 6.92 Å². The van der Waals surface area contributed by atoms with Gasteiger partial charge in [0.15, 0.2) is 5.17 Å². The molecule has 2 rings (SSSR count). The molecule has 0 spiro atoms. The molecule has 1 heterocycles. The van der Waals surface area contributed by atoms with E-state index >= 15 is 0 Å². The number of carbonyl (C=O) groups excluding carboxylic acids is 1. The van der Waals surface area contributed by atoms with Crippen molar-refractivity contribution in [2.24, 2.45) is 4.99 Å². The van der Waals surface area contributed by atoms with Gasteiger partial charge in [0.2, 0.25) is 0 Å². The fourth-order valence-electron chi connectivity index (χ4n) is 1.88. The van der Waals surface area contributed by atoms with Crippen LogP contribution in [0, 0.1) is 6.92 Å². The summed E-state index contributed by atoms with van der Waals surface area (Å²) in [6, 6.07) is 8.00. The van der Waals surface area contributed by atoms with Crippen LogP contribution < -0.4 is 0 Å². The first-order valence-electron chi connectivity index (χ1n) is 6.69. The Morgan fingerprint density at radius 2 is 1.95 bits per heavy atom. The molecular formula is C17H18N2OS. The van der Waals surface area contributed by atoms with E-state index < -0.39 is 0 Å². The molecule has 0 unspecified atom stereocenters. The van der Waals surface area contributed by atoms with Gasteiger partial charge in [0.1, 0.15) is 5.70 Å². The van der Waals surface area contributed by atoms with Gasteiger partial charge < -0.3 is 0 Å². The Kier molecular flexibility index (Phi) is 5.17. The fraction of sp³-hybridized carbons (Fsp3) is 0.176. The zero-order valence-electron chi connectivity index (χ0n) is 12.1. The maximum absolute atomic E-state index is 12.4. The maximum Gasteiger partial charge on any atom is 0.278 e. The maximum atomic E-state index is 12.4. The van der Waals surface area contributed by atoms with Crippen LogP contribution in [0.1, 0.15) is 11.1 Å². The van der Waals surface area contributed by atoms with E-state index in [1.54, 1.807) is 17.1 Å². The van der Waals surface area contributed by atoms with Crippen molar-refractivity contribution in [1.29, 1.82) is 0 Å². The SMILES string of the molecule is C=CCSC1=NC(=Cc2ccc(C)cc2)C(=O)N1CC=C. The van der Waals surface area contributed by atoms with Gasteiger partial charge in [-0.25, -0.2) is 4.99 Å². The second-order valence-corrected chi connectivity index (χ2v) is 5.63. The summed E-state index contributed by atoms with van der Waals surface area (Å²) in [5.41, 5.74) is 2.63. The number of amides is 1. The number of amidine groups is 1. The summed E-state index contributed by atoms with van der Waals surface area (Å²) in [5.74, 6) is 0.638. The van der Waals surface area contributed by atoms with Crippen molar-refractivity contribution < 1.29 is 4.79 Å². The highest BCUT2D eigenvalue weighted by atomic mass is 32.2. The zero-order valence-corrected chi connectivity index (χ0v) is 12.9. The Bertz CT molecular complexity index is 614. The summed E-state index contributed by atoms with van der Waals surface area (Å²) in [6.07, 6.45) is 5.32. The van der Waals surface area contributed by atoms with E-state index in [1.807, 2.05) is 37.3 Å². The lowest BCUT2D eigenvalue weighted by Gasteiger charge is -2.14. The van der Waals surface area contributed by atoms with Gasteiger partial charge in [-0.3, -0.25) is 9.69 Å². The average molecular weight is 298 g/mol. The molecule has 108 valence electrons. The number of aliphatic imine (C=N–C) groups is 1. The average Bonchev–Trinajstić information content (AvgIpc) is 2.77. The Balaban J connectivity index is 2.28. The van der Waals surface area contributed by atoms with Gasteiger partial charge in [-0.2, -0.15) is 0 Å². The second kappa shape index (κ2) is 7.09. The van der Waals surface area contributed by atoms with Crippen LogP contribution in [-0.4, -0.2) is 28.3 Å². The largest absolute Gasteiger partial charge is 0.282 e. The van der Waals surface area contributed by atoms with Crippen molar-refractivity contribution in [3.8, 4) is 0 Å². The first kappa shape index (κ1) is 15.3. The van der Waals surface area contributed by atoms with E-state index in [2.05, 4.69) is 18.2 Å². The summed E-state index contributed by atoms with van der Waals surface area (Å²) >= 11 is 1.50. The minimum Gasteiger partial charge on any atom is -0.282 e. The van der Waals surface area contributed by atoms with Gasteiger partial charge in [-0.1, -0.05) is 53.7 Å². The molecule has 0 radical (unpaired) electrons. The van der Waals surface area contributed by atoms with E-state index in [0.29, 0.717) is 17.4 Å². The molecule has 1 amide bonds. The first-order valence-corrected chi connectivity index (χ1v) is 7.67. The third-order valence-corrected chi connectivity index (χ3v) is 3.91. The van der Waals surface area contributed by atoms with E-state index in [-0.39, 0.29) is 5.91 Å². The molecule has 0 saturated carbocycles. The Morgan fingerprint density at radius 1 is 1.24 bits per heavy atom. The summed E-state index contributed by atoms with van der Waals surface area (Å²) < 4.78 is 0.